The SMILES string of the molecule is O=C(NC(Cc1ccccc1)C(=O)NC(CCc1ccccc1)CCS(=O)(=O)Oc1ccccc1)OCc1ccccc1. The fourth-order valence-corrected chi connectivity index (χ4v) is 5.55. The van der Waals surface area contributed by atoms with E-state index in [0.29, 0.717) is 12.8 Å². The molecule has 0 bridgehead atoms. The number of alkyl carbamates (subject to hydrolysis) is 1. The first-order valence-electron chi connectivity index (χ1n) is 14.2. The normalized spacial score (nSPS) is 12.5. The molecule has 2 amide bonds. The number of hydrogen-bond acceptors (Lipinski definition) is 6. The maximum absolute atomic E-state index is 13.6. The molecule has 43 heavy (non-hydrogen) atoms. The Morgan fingerprint density at radius 1 is 0.651 bits per heavy atom. The number of hydrogen-bond donors (Lipinski definition) is 2. The summed E-state index contributed by atoms with van der Waals surface area (Å²) in [4.78, 5) is 26.4. The largest absolute Gasteiger partial charge is 0.445 e. The Morgan fingerprint density at radius 2 is 1.19 bits per heavy atom. The predicted molar refractivity (Wildman–Crippen MR) is 166 cm³/mol. The molecule has 8 nitrogen and oxygen atoms in total. The van der Waals surface area contributed by atoms with Crippen molar-refractivity contribution in [3.8, 4) is 5.75 Å². The summed E-state index contributed by atoms with van der Waals surface area (Å²) in [5, 5.41) is 5.70. The fourth-order valence-electron chi connectivity index (χ4n) is 4.49. The number of carbonyl (C=O) groups excluding carboxylic acids is 2. The van der Waals surface area contributed by atoms with Crippen LogP contribution in [-0.2, 0) is 39.1 Å². The van der Waals surface area contributed by atoms with E-state index in [1.54, 1.807) is 30.3 Å². The van der Waals surface area contributed by atoms with Crippen molar-refractivity contribution in [3.63, 3.8) is 0 Å². The van der Waals surface area contributed by atoms with Crippen LogP contribution in [0.2, 0.25) is 0 Å². The maximum Gasteiger partial charge on any atom is 0.408 e. The molecular formula is C34H36N2O6S. The van der Waals surface area contributed by atoms with E-state index < -0.39 is 34.2 Å². The first-order chi connectivity index (χ1) is 20.9. The summed E-state index contributed by atoms with van der Waals surface area (Å²) in [5.74, 6) is -0.495. The molecule has 0 aliphatic rings. The molecule has 224 valence electrons. The van der Waals surface area contributed by atoms with Crippen molar-refractivity contribution >= 4 is 22.1 Å². The highest BCUT2D eigenvalue weighted by molar-refractivity contribution is 7.87. The summed E-state index contributed by atoms with van der Waals surface area (Å²) in [7, 11) is -3.91. The van der Waals surface area contributed by atoms with Crippen LogP contribution in [0.1, 0.15) is 29.5 Å². The molecule has 4 aromatic carbocycles. The Bertz CT molecular complexity index is 1520. The second kappa shape index (κ2) is 16.1. The molecule has 0 aromatic heterocycles. The van der Waals surface area contributed by atoms with E-state index in [9.17, 15) is 18.0 Å². The average Bonchev–Trinajstić information content (AvgIpc) is 3.03. The molecule has 2 N–H and O–H groups in total. The second-order valence-corrected chi connectivity index (χ2v) is 11.8. The van der Waals surface area contributed by atoms with Gasteiger partial charge < -0.3 is 19.6 Å². The number of rotatable bonds is 15. The Hall–Kier alpha value is -4.63. The van der Waals surface area contributed by atoms with Gasteiger partial charge in [0.05, 0.1) is 5.75 Å². The molecule has 0 fully saturated rings. The van der Waals surface area contributed by atoms with Gasteiger partial charge >= 0.3 is 16.2 Å². The van der Waals surface area contributed by atoms with Gasteiger partial charge in [-0.05, 0) is 48.1 Å². The van der Waals surface area contributed by atoms with Crippen molar-refractivity contribution < 1.29 is 26.9 Å². The van der Waals surface area contributed by atoms with Crippen molar-refractivity contribution in [1.82, 2.24) is 10.6 Å². The Morgan fingerprint density at radius 3 is 1.79 bits per heavy atom. The topological polar surface area (TPSA) is 111 Å². The van der Waals surface area contributed by atoms with Crippen molar-refractivity contribution in [3.05, 3.63) is 138 Å². The summed E-state index contributed by atoms with van der Waals surface area (Å²) in [6, 6.07) is 35.2. The lowest BCUT2D eigenvalue weighted by molar-refractivity contribution is -0.123. The van der Waals surface area contributed by atoms with Gasteiger partial charge in [0.2, 0.25) is 5.91 Å². The minimum Gasteiger partial charge on any atom is -0.445 e. The number of para-hydroxylation sites is 1. The summed E-state index contributed by atoms with van der Waals surface area (Å²) in [6.07, 6.45) is 0.756. The van der Waals surface area contributed by atoms with E-state index in [0.717, 1.165) is 16.7 Å². The van der Waals surface area contributed by atoms with Crippen molar-refractivity contribution in [2.75, 3.05) is 5.75 Å². The molecule has 4 aromatic rings. The van der Waals surface area contributed by atoms with E-state index in [1.165, 1.54) is 0 Å². The van der Waals surface area contributed by atoms with Gasteiger partial charge in [-0.3, -0.25) is 4.79 Å². The Balaban J connectivity index is 1.44. The molecule has 0 saturated carbocycles. The number of benzene rings is 4. The molecule has 0 saturated heterocycles. The lowest BCUT2D eigenvalue weighted by Crippen LogP contribution is -2.51. The first kappa shape index (κ1) is 31.3. The second-order valence-electron chi connectivity index (χ2n) is 10.1. The lowest BCUT2D eigenvalue weighted by atomic mass is 10.0. The van der Waals surface area contributed by atoms with Crippen LogP contribution in [0.5, 0.6) is 5.75 Å². The first-order valence-corrected chi connectivity index (χ1v) is 15.8. The highest BCUT2D eigenvalue weighted by atomic mass is 32.2. The highest BCUT2D eigenvalue weighted by Crippen LogP contribution is 2.15. The third-order valence-corrected chi connectivity index (χ3v) is 7.94. The molecule has 0 aliphatic heterocycles. The van der Waals surface area contributed by atoms with Crippen LogP contribution >= 0.6 is 0 Å². The van der Waals surface area contributed by atoms with Gasteiger partial charge in [0.1, 0.15) is 18.4 Å². The molecule has 2 atom stereocenters. The number of aryl methyl sites for hydroxylation is 1. The van der Waals surface area contributed by atoms with Gasteiger partial charge in [0.25, 0.3) is 0 Å². The number of amides is 2. The van der Waals surface area contributed by atoms with Gasteiger partial charge in [-0.1, -0.05) is 109 Å². The summed E-state index contributed by atoms with van der Waals surface area (Å²) >= 11 is 0. The molecule has 0 radical (unpaired) electrons. The van der Waals surface area contributed by atoms with Gasteiger partial charge in [0, 0.05) is 12.5 Å². The summed E-state index contributed by atoms with van der Waals surface area (Å²) < 4.78 is 36.2. The van der Waals surface area contributed by atoms with Crippen molar-refractivity contribution in [2.45, 2.75) is 44.4 Å². The van der Waals surface area contributed by atoms with Crippen LogP contribution in [0.3, 0.4) is 0 Å². The molecule has 9 heteroatoms. The predicted octanol–water partition coefficient (Wildman–Crippen LogP) is 5.44. The minimum absolute atomic E-state index is 0.0608. The van der Waals surface area contributed by atoms with E-state index in [-0.39, 0.29) is 31.0 Å². The molecular weight excluding hydrogens is 564 g/mol. The number of carbonyl (C=O) groups is 2. The molecule has 2 unspecified atom stereocenters. The molecule has 0 spiro atoms. The minimum atomic E-state index is -3.91. The monoisotopic (exact) mass is 600 g/mol. The maximum atomic E-state index is 13.6. The van der Waals surface area contributed by atoms with E-state index in [4.69, 9.17) is 8.92 Å². The van der Waals surface area contributed by atoms with Crippen LogP contribution in [0.4, 0.5) is 4.79 Å². The lowest BCUT2D eigenvalue weighted by Gasteiger charge is -2.24. The zero-order valence-corrected chi connectivity index (χ0v) is 24.6. The van der Waals surface area contributed by atoms with Gasteiger partial charge in [-0.25, -0.2) is 4.79 Å². The van der Waals surface area contributed by atoms with Gasteiger partial charge in [-0.2, -0.15) is 8.42 Å². The Labute approximate surface area is 253 Å². The van der Waals surface area contributed by atoms with Gasteiger partial charge in [-0.15, -0.1) is 0 Å². The average molecular weight is 601 g/mol. The van der Waals surface area contributed by atoms with Crippen LogP contribution in [0.15, 0.2) is 121 Å². The molecule has 0 heterocycles. The zero-order valence-electron chi connectivity index (χ0n) is 23.8. The smallest absolute Gasteiger partial charge is 0.408 e. The quantitative estimate of drug-likeness (QED) is 0.176. The fraction of sp³-hybridized carbons (Fsp3) is 0.235. The highest BCUT2D eigenvalue weighted by Gasteiger charge is 2.26. The van der Waals surface area contributed by atoms with Crippen molar-refractivity contribution in [2.24, 2.45) is 0 Å². The molecule has 4 rings (SSSR count). The van der Waals surface area contributed by atoms with E-state index in [1.807, 2.05) is 91.0 Å². The summed E-state index contributed by atoms with van der Waals surface area (Å²) in [5.41, 5.74) is 2.74. The number of ether oxygens (including phenoxy) is 1. The van der Waals surface area contributed by atoms with E-state index in [2.05, 4.69) is 10.6 Å². The third-order valence-electron chi connectivity index (χ3n) is 6.76. The standard InChI is InChI=1S/C34H36N2O6S/c37-33(32(25-28-15-7-2-8-16-28)36-34(38)41-26-29-17-9-3-10-18-29)35-30(22-21-27-13-5-1-6-14-27)23-24-43(39,40)42-31-19-11-4-12-20-31/h1-20,30,32H,21-26H2,(H,35,37)(H,36,38). The van der Waals surface area contributed by atoms with Crippen LogP contribution < -0.4 is 14.8 Å². The molecule has 0 aliphatic carbocycles. The van der Waals surface area contributed by atoms with Crippen molar-refractivity contribution in [1.29, 1.82) is 0 Å². The Kier molecular flexibility index (Phi) is 11.7. The van der Waals surface area contributed by atoms with E-state index >= 15 is 0 Å². The number of nitrogens with one attached hydrogen (secondary N) is 2. The van der Waals surface area contributed by atoms with Crippen LogP contribution in [0, 0.1) is 0 Å². The van der Waals surface area contributed by atoms with Gasteiger partial charge in [0.15, 0.2) is 0 Å². The van der Waals surface area contributed by atoms with Crippen LogP contribution in [0.25, 0.3) is 0 Å². The van der Waals surface area contributed by atoms with Crippen LogP contribution in [-0.4, -0.2) is 38.3 Å². The third kappa shape index (κ3) is 11.3. The zero-order chi connectivity index (χ0) is 30.3. The summed E-state index contributed by atoms with van der Waals surface area (Å²) in [6.45, 7) is 0.0608.